The molecule has 2 aromatic rings. The maximum Gasteiger partial charge on any atom is 0.0912 e. The highest BCUT2D eigenvalue weighted by molar-refractivity contribution is 5.82. The molecule has 0 fully saturated rings. The Morgan fingerprint density at radius 2 is 1.94 bits per heavy atom. The molecule has 0 spiro atoms. The van der Waals surface area contributed by atoms with E-state index in [2.05, 4.69) is 29.6 Å². The normalized spacial score (nSPS) is 10.2. The number of methoxy groups -OCH3 is 1. The van der Waals surface area contributed by atoms with Crippen LogP contribution < -0.4 is 0 Å². The first kappa shape index (κ1) is 13.7. The van der Waals surface area contributed by atoms with Crippen molar-refractivity contribution >= 4 is 11.0 Å². The molecular weight excluding hydrogens is 212 g/mol. The molecule has 3 heteroatoms. The predicted molar refractivity (Wildman–Crippen MR) is 72.4 cm³/mol. The molecule has 0 unspecified atom stereocenters. The number of pyridine rings is 1. The van der Waals surface area contributed by atoms with Gasteiger partial charge in [0.1, 0.15) is 0 Å². The second-order valence-electron chi connectivity index (χ2n) is 3.82. The lowest BCUT2D eigenvalue weighted by Crippen LogP contribution is -2.03. The van der Waals surface area contributed by atoms with Crippen LogP contribution in [-0.4, -0.2) is 23.3 Å². The highest BCUT2D eigenvalue weighted by Gasteiger charge is 2.07. The molecule has 0 N–H and O–H groups in total. The molecule has 0 bridgehead atoms. The molecule has 17 heavy (non-hydrogen) atoms. The molecule has 0 aliphatic heterocycles. The summed E-state index contributed by atoms with van der Waals surface area (Å²) < 4.78 is 7.32. The summed E-state index contributed by atoms with van der Waals surface area (Å²) in [6.07, 6.45) is 4.01. The van der Waals surface area contributed by atoms with Crippen molar-refractivity contribution in [3.8, 4) is 0 Å². The van der Waals surface area contributed by atoms with Crippen molar-refractivity contribution in [3.63, 3.8) is 0 Å². The van der Waals surface area contributed by atoms with Crippen LogP contribution in [0.4, 0.5) is 0 Å². The summed E-state index contributed by atoms with van der Waals surface area (Å²) in [5.41, 5.74) is 4.83. The van der Waals surface area contributed by atoms with Crippen LogP contribution in [0.3, 0.4) is 0 Å². The minimum atomic E-state index is 0.734. The molecule has 2 heterocycles. The van der Waals surface area contributed by atoms with E-state index in [4.69, 9.17) is 4.74 Å². The van der Waals surface area contributed by atoms with Gasteiger partial charge in [0, 0.05) is 26.0 Å². The van der Waals surface area contributed by atoms with Crippen molar-refractivity contribution in [1.82, 2.24) is 9.55 Å². The maximum absolute atomic E-state index is 5.10. The van der Waals surface area contributed by atoms with Gasteiger partial charge in [-0.25, -0.2) is 0 Å². The first-order valence-corrected chi connectivity index (χ1v) is 6.14. The van der Waals surface area contributed by atoms with E-state index in [9.17, 15) is 0 Å². The van der Waals surface area contributed by atoms with Crippen LogP contribution >= 0.6 is 0 Å². The fraction of sp³-hybridized carbons (Fsp3) is 0.500. The highest BCUT2D eigenvalue weighted by Crippen LogP contribution is 2.21. The summed E-state index contributed by atoms with van der Waals surface area (Å²) in [6, 6.07) is 2.05. The van der Waals surface area contributed by atoms with E-state index in [1.165, 1.54) is 16.6 Å². The number of hydrogen-bond donors (Lipinski definition) is 0. The zero-order valence-corrected chi connectivity index (χ0v) is 11.4. The third-order valence-electron chi connectivity index (χ3n) is 2.67. The van der Waals surface area contributed by atoms with Crippen molar-refractivity contribution < 1.29 is 4.74 Å². The van der Waals surface area contributed by atoms with Crippen LogP contribution in [0.25, 0.3) is 11.0 Å². The van der Waals surface area contributed by atoms with Gasteiger partial charge in [-0.2, -0.15) is 0 Å². The maximum atomic E-state index is 5.10. The summed E-state index contributed by atoms with van der Waals surface area (Å²) in [6.45, 7) is 9.83. The Labute approximate surface area is 103 Å². The lowest BCUT2D eigenvalue weighted by molar-refractivity contribution is 0.188. The van der Waals surface area contributed by atoms with Gasteiger partial charge < -0.3 is 9.30 Å². The Balaban J connectivity index is 0.000000686. The van der Waals surface area contributed by atoms with Crippen LogP contribution in [0.2, 0.25) is 0 Å². The van der Waals surface area contributed by atoms with Crippen LogP contribution in [-0.2, 0) is 11.3 Å². The number of aryl methyl sites for hydroxylation is 2. The van der Waals surface area contributed by atoms with Crippen LogP contribution in [0.1, 0.15) is 25.0 Å². The Kier molecular flexibility index (Phi) is 5.16. The van der Waals surface area contributed by atoms with Crippen molar-refractivity contribution in [2.45, 2.75) is 34.2 Å². The lowest BCUT2D eigenvalue weighted by atomic mass is 10.2. The van der Waals surface area contributed by atoms with Crippen LogP contribution in [0, 0.1) is 13.8 Å². The molecule has 3 nitrogen and oxygen atoms in total. The quantitative estimate of drug-likeness (QED) is 0.814. The molecule has 0 aromatic carbocycles. The molecule has 0 aliphatic carbocycles. The molecule has 2 aromatic heterocycles. The summed E-state index contributed by atoms with van der Waals surface area (Å²) in [4.78, 5) is 4.41. The molecule has 0 aliphatic rings. The van der Waals surface area contributed by atoms with Gasteiger partial charge in [-0.1, -0.05) is 13.8 Å². The second-order valence-corrected chi connectivity index (χ2v) is 3.82. The van der Waals surface area contributed by atoms with Crippen LogP contribution in [0.5, 0.6) is 0 Å². The van der Waals surface area contributed by atoms with Gasteiger partial charge in [0.2, 0.25) is 0 Å². The van der Waals surface area contributed by atoms with Crippen molar-refractivity contribution in [2.75, 3.05) is 13.7 Å². The molecule has 94 valence electrons. The van der Waals surface area contributed by atoms with Gasteiger partial charge in [0.25, 0.3) is 0 Å². The van der Waals surface area contributed by atoms with Crippen molar-refractivity contribution in [3.05, 3.63) is 29.6 Å². The van der Waals surface area contributed by atoms with E-state index in [0.717, 1.165) is 18.7 Å². The average molecular weight is 234 g/mol. The van der Waals surface area contributed by atoms with E-state index in [0.29, 0.717) is 0 Å². The van der Waals surface area contributed by atoms with E-state index in [1.54, 1.807) is 7.11 Å². The largest absolute Gasteiger partial charge is 0.383 e. The molecule has 2 rings (SSSR count). The Morgan fingerprint density at radius 3 is 2.59 bits per heavy atom. The molecular formula is C14H22N2O. The van der Waals surface area contributed by atoms with Gasteiger partial charge in [-0.05, 0) is 31.0 Å². The van der Waals surface area contributed by atoms with Gasteiger partial charge in [-0.3, -0.25) is 4.98 Å². The SMILES string of the molecule is CC.COCCn1cc(C)c2nccc(C)c21. The van der Waals surface area contributed by atoms with E-state index in [1.807, 2.05) is 26.1 Å². The Morgan fingerprint density at radius 1 is 1.24 bits per heavy atom. The summed E-state index contributed by atoms with van der Waals surface area (Å²) in [7, 11) is 1.73. The fourth-order valence-electron chi connectivity index (χ4n) is 1.93. The first-order chi connectivity index (χ1) is 8.24. The fourth-order valence-corrected chi connectivity index (χ4v) is 1.93. The third-order valence-corrected chi connectivity index (χ3v) is 2.67. The summed E-state index contributed by atoms with van der Waals surface area (Å²) in [5, 5.41) is 0. The highest BCUT2D eigenvalue weighted by atomic mass is 16.5. The predicted octanol–water partition coefficient (Wildman–Crippen LogP) is 3.33. The number of ether oxygens (including phenoxy) is 1. The molecule has 0 amide bonds. The first-order valence-electron chi connectivity index (χ1n) is 6.14. The molecule has 0 radical (unpaired) electrons. The third kappa shape index (κ3) is 2.86. The second kappa shape index (κ2) is 6.40. The average Bonchev–Trinajstić information content (AvgIpc) is 2.68. The van der Waals surface area contributed by atoms with Crippen LogP contribution in [0.15, 0.2) is 18.5 Å². The van der Waals surface area contributed by atoms with Gasteiger partial charge in [0.15, 0.2) is 0 Å². The number of hydrogen-bond acceptors (Lipinski definition) is 2. The monoisotopic (exact) mass is 234 g/mol. The van der Waals surface area contributed by atoms with Gasteiger partial charge in [-0.15, -0.1) is 0 Å². The van der Waals surface area contributed by atoms with E-state index in [-0.39, 0.29) is 0 Å². The molecule has 0 atom stereocenters. The van der Waals surface area contributed by atoms with Crippen molar-refractivity contribution in [2.24, 2.45) is 0 Å². The Bertz CT molecular complexity index is 474. The van der Waals surface area contributed by atoms with Gasteiger partial charge >= 0.3 is 0 Å². The minimum absolute atomic E-state index is 0.734. The van der Waals surface area contributed by atoms with E-state index >= 15 is 0 Å². The minimum Gasteiger partial charge on any atom is -0.383 e. The number of nitrogens with zero attached hydrogens (tertiary/aromatic N) is 2. The number of fused-ring (bicyclic) bond motifs is 1. The summed E-state index contributed by atoms with van der Waals surface area (Å²) in [5.74, 6) is 0. The molecule has 0 saturated heterocycles. The summed E-state index contributed by atoms with van der Waals surface area (Å²) >= 11 is 0. The standard InChI is InChI=1S/C12H16N2O.C2H6/c1-9-4-5-13-11-10(2)8-14(12(9)11)6-7-15-3;1-2/h4-5,8H,6-7H2,1-3H3;1-2H3. The van der Waals surface area contributed by atoms with Crippen molar-refractivity contribution in [1.29, 1.82) is 0 Å². The number of aromatic nitrogens is 2. The van der Waals surface area contributed by atoms with E-state index < -0.39 is 0 Å². The Hall–Kier alpha value is -1.35. The topological polar surface area (TPSA) is 27.1 Å². The smallest absolute Gasteiger partial charge is 0.0912 e. The zero-order chi connectivity index (χ0) is 12.8. The number of rotatable bonds is 3. The molecule has 0 saturated carbocycles. The lowest BCUT2D eigenvalue weighted by Gasteiger charge is -2.05. The zero-order valence-electron chi connectivity index (χ0n) is 11.4. The van der Waals surface area contributed by atoms with Gasteiger partial charge in [0.05, 0.1) is 17.6 Å².